The Balaban J connectivity index is 2.46. The molecule has 0 saturated heterocycles. The summed E-state index contributed by atoms with van der Waals surface area (Å²) in [7, 11) is 0. The maximum Gasteiger partial charge on any atom is 0.309 e. The molecule has 15 heavy (non-hydrogen) atoms. The van der Waals surface area contributed by atoms with E-state index >= 15 is 0 Å². The van der Waals surface area contributed by atoms with Gasteiger partial charge in [0.25, 0.3) is 0 Å². The number of halogens is 1. The van der Waals surface area contributed by atoms with E-state index in [4.69, 9.17) is 5.11 Å². The van der Waals surface area contributed by atoms with Crippen LogP contribution in [-0.2, 0) is 4.79 Å². The lowest BCUT2D eigenvalue weighted by atomic mass is 10.1. The number of hydrogen-bond acceptors (Lipinski definition) is 2. The first-order valence-electron chi connectivity index (χ1n) is 4.28. The van der Waals surface area contributed by atoms with Gasteiger partial charge in [-0.25, -0.2) is 4.39 Å². The lowest BCUT2D eigenvalue weighted by molar-refractivity contribution is -0.431. The third kappa shape index (κ3) is 1.63. The van der Waals surface area contributed by atoms with Crippen LogP contribution in [0.5, 0.6) is 0 Å². The summed E-state index contributed by atoms with van der Waals surface area (Å²) in [6, 6.07) is 4.06. The number of hydrazone groups is 1. The molecule has 1 N–H and O–H groups in total. The van der Waals surface area contributed by atoms with Gasteiger partial charge in [0.15, 0.2) is 6.72 Å². The first-order valence-corrected chi connectivity index (χ1v) is 4.28. The fourth-order valence-electron chi connectivity index (χ4n) is 1.49. The number of rotatable bonds is 2. The Labute approximate surface area is 85.0 Å². The third-order valence-corrected chi connectivity index (χ3v) is 2.11. The molecule has 0 radical (unpaired) electrons. The zero-order valence-electron chi connectivity index (χ0n) is 7.77. The smallest absolute Gasteiger partial charge is 0.309 e. The topological polar surface area (TPSA) is 52.7 Å². The van der Waals surface area contributed by atoms with Crippen molar-refractivity contribution >= 4 is 24.1 Å². The molecule has 1 heterocycles. The van der Waals surface area contributed by atoms with Crippen LogP contribution in [0.15, 0.2) is 23.3 Å². The Bertz CT molecular complexity index is 494. The highest BCUT2D eigenvalue weighted by molar-refractivity contribution is 6.12. The van der Waals surface area contributed by atoms with Gasteiger partial charge >= 0.3 is 5.97 Å². The van der Waals surface area contributed by atoms with Crippen molar-refractivity contribution in [3.63, 3.8) is 0 Å². The van der Waals surface area contributed by atoms with Gasteiger partial charge in [0, 0.05) is 11.2 Å². The predicted octanol–water partition coefficient (Wildman–Crippen LogP) is 1.36. The number of aliphatic carboxylic acids is 1. The van der Waals surface area contributed by atoms with Crippen molar-refractivity contribution < 1.29 is 19.0 Å². The fraction of sp³-hybridized carbons (Fsp3) is 0.100. The number of benzene rings is 1. The maximum absolute atomic E-state index is 12.9. The van der Waals surface area contributed by atoms with Crippen molar-refractivity contribution in [3.05, 3.63) is 29.6 Å². The Morgan fingerprint density at radius 2 is 2.33 bits per heavy atom. The molecule has 0 aliphatic carbocycles. The zero-order chi connectivity index (χ0) is 11.0. The van der Waals surface area contributed by atoms with Crippen LogP contribution in [0.2, 0.25) is 0 Å². The van der Waals surface area contributed by atoms with Gasteiger partial charge in [0.1, 0.15) is 11.5 Å². The second-order valence-electron chi connectivity index (χ2n) is 3.18. The molecule has 0 amide bonds. The minimum absolute atomic E-state index is 0.190. The molecular weight excluding hydrogens is 199 g/mol. The molecule has 0 fully saturated rings. The second kappa shape index (κ2) is 3.27. The third-order valence-electron chi connectivity index (χ3n) is 2.11. The van der Waals surface area contributed by atoms with Crippen LogP contribution in [0, 0.1) is 5.82 Å². The number of hydrogen-bond donors (Lipinski definition) is 1. The largest absolute Gasteiger partial charge is 0.481 e. The zero-order valence-corrected chi connectivity index (χ0v) is 7.77. The summed E-state index contributed by atoms with van der Waals surface area (Å²) >= 11 is 0. The van der Waals surface area contributed by atoms with E-state index in [1.54, 1.807) is 0 Å². The van der Waals surface area contributed by atoms with Crippen LogP contribution in [-0.4, -0.2) is 28.2 Å². The molecule has 5 heteroatoms. The van der Waals surface area contributed by atoms with Gasteiger partial charge < -0.3 is 5.11 Å². The van der Waals surface area contributed by atoms with E-state index in [0.29, 0.717) is 17.0 Å². The molecule has 2 rings (SSSR count). The van der Waals surface area contributed by atoms with Crippen molar-refractivity contribution in [1.82, 2.24) is 0 Å². The Morgan fingerprint density at radius 1 is 1.60 bits per heavy atom. The summed E-state index contributed by atoms with van der Waals surface area (Å²) in [5.74, 6) is -1.37. The summed E-state index contributed by atoms with van der Waals surface area (Å²) < 4.78 is 14.1. The van der Waals surface area contributed by atoms with Crippen molar-refractivity contribution in [3.8, 4) is 0 Å². The van der Waals surface area contributed by atoms with E-state index in [1.807, 2.05) is 0 Å². The normalized spacial score (nSPS) is 13.7. The fourth-order valence-corrected chi connectivity index (χ4v) is 1.49. The van der Waals surface area contributed by atoms with Crippen LogP contribution >= 0.6 is 0 Å². The van der Waals surface area contributed by atoms with Gasteiger partial charge in [-0.15, -0.1) is 0 Å². The number of nitrogens with zero attached hydrogens (tertiary/aromatic N) is 2. The Kier molecular flexibility index (Phi) is 2.07. The van der Waals surface area contributed by atoms with E-state index in [9.17, 15) is 9.18 Å². The molecule has 1 aliphatic rings. The van der Waals surface area contributed by atoms with E-state index in [2.05, 4.69) is 11.8 Å². The molecule has 0 spiro atoms. The van der Waals surface area contributed by atoms with Gasteiger partial charge in [0.2, 0.25) is 5.69 Å². The average molecular weight is 207 g/mol. The molecule has 0 saturated carbocycles. The highest BCUT2D eigenvalue weighted by atomic mass is 19.1. The minimum atomic E-state index is -0.973. The molecule has 0 unspecified atom stereocenters. The average Bonchev–Trinajstić information content (AvgIpc) is 2.42. The SMILES string of the molecule is C=[N+]1N=C(CC(=O)O)c2ccc(F)cc21. The molecule has 1 aromatic rings. The van der Waals surface area contributed by atoms with Crippen molar-refractivity contribution in [1.29, 1.82) is 0 Å². The van der Waals surface area contributed by atoms with Gasteiger partial charge in [-0.2, -0.15) is 0 Å². The van der Waals surface area contributed by atoms with Gasteiger partial charge in [-0.05, 0) is 12.1 Å². The Hall–Kier alpha value is -2.04. The molecule has 76 valence electrons. The molecular formula is C10H8FN2O2+. The van der Waals surface area contributed by atoms with E-state index in [0.717, 1.165) is 0 Å². The Morgan fingerprint density at radius 3 is 3.00 bits per heavy atom. The molecule has 1 aromatic carbocycles. The summed E-state index contributed by atoms with van der Waals surface area (Å²) in [5, 5.41) is 12.6. The quantitative estimate of drug-likeness (QED) is 0.744. The lowest BCUT2D eigenvalue weighted by Gasteiger charge is -1.94. The number of carboxylic acid groups (broad SMARTS) is 1. The van der Waals surface area contributed by atoms with Crippen LogP contribution < -0.4 is 0 Å². The van der Waals surface area contributed by atoms with Gasteiger partial charge in [-0.3, -0.25) is 4.79 Å². The highest BCUT2D eigenvalue weighted by Gasteiger charge is 2.28. The van der Waals surface area contributed by atoms with Crippen LogP contribution in [0.4, 0.5) is 10.1 Å². The van der Waals surface area contributed by atoms with E-state index in [1.165, 1.54) is 22.9 Å². The van der Waals surface area contributed by atoms with Crippen molar-refractivity contribution in [2.45, 2.75) is 6.42 Å². The summed E-state index contributed by atoms with van der Waals surface area (Å²) in [6.45, 7) is 3.56. The predicted molar refractivity (Wildman–Crippen MR) is 52.2 cm³/mol. The number of carboxylic acids is 1. The highest BCUT2D eigenvalue weighted by Crippen LogP contribution is 2.27. The molecule has 0 bridgehead atoms. The monoisotopic (exact) mass is 207 g/mol. The van der Waals surface area contributed by atoms with E-state index < -0.39 is 11.8 Å². The molecule has 0 aromatic heterocycles. The molecule has 4 nitrogen and oxygen atoms in total. The lowest BCUT2D eigenvalue weighted by Crippen LogP contribution is -2.05. The summed E-state index contributed by atoms with van der Waals surface area (Å²) in [5.41, 5.74) is 1.51. The maximum atomic E-state index is 12.9. The van der Waals surface area contributed by atoms with Crippen molar-refractivity contribution in [2.24, 2.45) is 5.10 Å². The van der Waals surface area contributed by atoms with E-state index in [-0.39, 0.29) is 6.42 Å². The second-order valence-corrected chi connectivity index (χ2v) is 3.18. The number of carbonyl (C=O) groups is 1. The first kappa shape index (κ1) is 9.51. The molecule has 1 aliphatic heterocycles. The van der Waals surface area contributed by atoms with Crippen LogP contribution in [0.1, 0.15) is 12.0 Å². The first-order chi connectivity index (χ1) is 7.08. The summed E-state index contributed by atoms with van der Waals surface area (Å²) in [6.07, 6.45) is -0.190. The van der Waals surface area contributed by atoms with Gasteiger partial charge in [0.05, 0.1) is 12.0 Å². The summed E-state index contributed by atoms with van der Waals surface area (Å²) in [4.78, 5) is 10.5. The minimum Gasteiger partial charge on any atom is -0.481 e. The standard InChI is InChI=1S/C10H7FN2O2/c1-13-9-4-6(11)2-3-7(9)8(12-13)5-10(14)15/h2-4H,1,5H2/p+1. The van der Waals surface area contributed by atoms with Crippen LogP contribution in [0.25, 0.3) is 0 Å². The van der Waals surface area contributed by atoms with Gasteiger partial charge in [-0.1, -0.05) is 4.68 Å². The number of fused-ring (bicyclic) bond motifs is 1. The van der Waals surface area contributed by atoms with Crippen LogP contribution in [0.3, 0.4) is 0 Å². The molecule has 0 atom stereocenters. The van der Waals surface area contributed by atoms with Crippen molar-refractivity contribution in [2.75, 3.05) is 0 Å².